The van der Waals surface area contributed by atoms with Crippen LogP contribution in [-0.4, -0.2) is 4.98 Å². The van der Waals surface area contributed by atoms with E-state index in [9.17, 15) is 0 Å². The van der Waals surface area contributed by atoms with Gasteiger partial charge in [-0.15, -0.1) is 0 Å². The fourth-order valence-corrected chi connectivity index (χ4v) is 8.33. The van der Waals surface area contributed by atoms with Crippen LogP contribution in [0.2, 0.25) is 0 Å². The standard InChI is InChI=1S/C44H35NO/c1-44(2)37-23-21-32(25-36(37)34-22-24-41-42(43(34)44)35-15-9-10-16-40(35)46-41)29-17-19-31(20-18-29)39-27-33(28-11-5-3-6-12-28)26-38(45-39)30-13-7-4-8-14-30/h3-20,22,24-27,42-43H,21,23H2,1-2H3. The van der Waals surface area contributed by atoms with Crippen LogP contribution >= 0.6 is 0 Å². The first-order valence-electron chi connectivity index (χ1n) is 16.4. The van der Waals surface area contributed by atoms with Crippen LogP contribution in [0.3, 0.4) is 0 Å². The topological polar surface area (TPSA) is 22.1 Å². The molecule has 0 bridgehead atoms. The third kappa shape index (κ3) is 4.28. The van der Waals surface area contributed by atoms with Gasteiger partial charge in [0.15, 0.2) is 0 Å². The molecule has 1 aliphatic heterocycles. The monoisotopic (exact) mass is 593 g/mol. The predicted octanol–water partition coefficient (Wildman–Crippen LogP) is 11.2. The Balaban J connectivity index is 1.06. The summed E-state index contributed by atoms with van der Waals surface area (Å²) < 4.78 is 6.35. The number of benzene rings is 4. The maximum absolute atomic E-state index is 6.35. The zero-order valence-corrected chi connectivity index (χ0v) is 26.2. The summed E-state index contributed by atoms with van der Waals surface area (Å²) >= 11 is 0. The third-order valence-corrected chi connectivity index (χ3v) is 10.6. The SMILES string of the molecule is CC1(C)C2=C(C=C(c3ccc(-c4cc(-c5ccccc5)cc(-c5ccccc5)n4)cc3)CC2)C2=CC=C3Oc4ccccc4C3C21. The second kappa shape index (κ2) is 10.4. The molecule has 9 rings (SSSR count). The van der Waals surface area contributed by atoms with Crippen LogP contribution in [0.1, 0.15) is 43.7 Å². The van der Waals surface area contributed by atoms with Crippen molar-refractivity contribution in [2.24, 2.45) is 11.3 Å². The van der Waals surface area contributed by atoms with E-state index in [0.29, 0.717) is 5.92 Å². The van der Waals surface area contributed by atoms with E-state index in [0.717, 1.165) is 46.9 Å². The van der Waals surface area contributed by atoms with Gasteiger partial charge >= 0.3 is 0 Å². The Labute approximate surface area is 271 Å². The van der Waals surface area contributed by atoms with Crippen molar-refractivity contribution in [1.29, 1.82) is 0 Å². The summed E-state index contributed by atoms with van der Waals surface area (Å²) in [6.07, 6.45) is 9.20. The molecule has 0 spiro atoms. The number of nitrogens with zero attached hydrogens (tertiary/aromatic N) is 1. The van der Waals surface area contributed by atoms with Crippen molar-refractivity contribution < 1.29 is 4.74 Å². The van der Waals surface area contributed by atoms with Crippen LogP contribution in [0.15, 0.2) is 162 Å². The van der Waals surface area contributed by atoms with Crippen LogP contribution in [-0.2, 0) is 0 Å². The first-order valence-corrected chi connectivity index (χ1v) is 16.4. The summed E-state index contributed by atoms with van der Waals surface area (Å²) in [5.41, 5.74) is 15.2. The highest BCUT2D eigenvalue weighted by molar-refractivity contribution is 5.79. The van der Waals surface area contributed by atoms with Crippen molar-refractivity contribution in [3.05, 3.63) is 173 Å². The summed E-state index contributed by atoms with van der Waals surface area (Å²) in [5.74, 6) is 2.79. The van der Waals surface area contributed by atoms with Crippen molar-refractivity contribution in [3.63, 3.8) is 0 Å². The van der Waals surface area contributed by atoms with Gasteiger partial charge in [-0.05, 0) is 75.9 Å². The van der Waals surface area contributed by atoms with Crippen molar-refractivity contribution in [1.82, 2.24) is 4.98 Å². The summed E-state index contributed by atoms with van der Waals surface area (Å²) in [4.78, 5) is 5.14. The van der Waals surface area contributed by atoms with Crippen LogP contribution in [0, 0.1) is 11.3 Å². The van der Waals surface area contributed by atoms with E-state index in [4.69, 9.17) is 9.72 Å². The fraction of sp³-hybridized carbons (Fsp3) is 0.159. The van der Waals surface area contributed by atoms with E-state index in [1.165, 1.54) is 39.0 Å². The summed E-state index contributed by atoms with van der Waals surface area (Å²) in [6.45, 7) is 4.90. The van der Waals surface area contributed by atoms with Crippen molar-refractivity contribution in [2.45, 2.75) is 32.6 Å². The quantitative estimate of drug-likeness (QED) is 0.207. The second-order valence-corrected chi connectivity index (χ2v) is 13.5. The van der Waals surface area contributed by atoms with E-state index >= 15 is 0 Å². The first kappa shape index (κ1) is 27.1. The van der Waals surface area contributed by atoms with Gasteiger partial charge in [0, 0.05) is 22.6 Å². The van der Waals surface area contributed by atoms with Gasteiger partial charge < -0.3 is 4.74 Å². The number of rotatable bonds is 4. The second-order valence-electron chi connectivity index (χ2n) is 13.5. The molecule has 0 saturated carbocycles. The van der Waals surface area contributed by atoms with E-state index in [-0.39, 0.29) is 11.3 Å². The highest BCUT2D eigenvalue weighted by Gasteiger charge is 2.53. The maximum atomic E-state index is 6.35. The average molecular weight is 594 g/mol. The minimum Gasteiger partial charge on any atom is -0.461 e. The zero-order valence-electron chi connectivity index (χ0n) is 26.2. The Morgan fingerprint density at radius 1 is 0.630 bits per heavy atom. The molecule has 46 heavy (non-hydrogen) atoms. The van der Waals surface area contributed by atoms with Gasteiger partial charge in [0.25, 0.3) is 0 Å². The summed E-state index contributed by atoms with van der Waals surface area (Å²) in [7, 11) is 0. The Kier molecular flexibility index (Phi) is 6.15. The van der Waals surface area contributed by atoms with Gasteiger partial charge in [-0.3, -0.25) is 0 Å². The van der Waals surface area contributed by atoms with Crippen LogP contribution in [0.5, 0.6) is 5.75 Å². The number of allylic oxidation sites excluding steroid dienone is 8. The largest absolute Gasteiger partial charge is 0.461 e. The number of para-hydroxylation sites is 1. The molecule has 4 aromatic carbocycles. The predicted molar refractivity (Wildman–Crippen MR) is 188 cm³/mol. The Bertz CT molecular complexity index is 2070. The lowest BCUT2D eigenvalue weighted by Crippen LogP contribution is -2.29. The number of fused-ring (bicyclic) bond motifs is 6. The fourth-order valence-electron chi connectivity index (χ4n) is 8.33. The van der Waals surface area contributed by atoms with Crippen LogP contribution < -0.4 is 4.74 Å². The van der Waals surface area contributed by atoms with Crippen molar-refractivity contribution in [2.75, 3.05) is 0 Å². The lowest BCUT2D eigenvalue weighted by atomic mass is 9.66. The Morgan fingerprint density at radius 2 is 1.26 bits per heavy atom. The number of aromatic nitrogens is 1. The van der Waals surface area contributed by atoms with E-state index < -0.39 is 0 Å². The van der Waals surface area contributed by atoms with E-state index in [2.05, 4.69) is 153 Å². The highest BCUT2D eigenvalue weighted by Crippen LogP contribution is 2.64. The molecule has 0 saturated heterocycles. The molecule has 1 aromatic heterocycles. The first-order chi connectivity index (χ1) is 22.5. The molecule has 2 nitrogen and oxygen atoms in total. The third-order valence-electron chi connectivity index (χ3n) is 10.6. The van der Waals surface area contributed by atoms with Gasteiger partial charge in [-0.1, -0.05) is 135 Å². The maximum Gasteiger partial charge on any atom is 0.130 e. The summed E-state index contributed by atoms with van der Waals surface area (Å²) in [6, 6.07) is 43.1. The molecule has 0 N–H and O–H groups in total. The minimum absolute atomic E-state index is 0.0734. The minimum atomic E-state index is 0.0734. The number of hydrogen-bond donors (Lipinski definition) is 0. The molecular formula is C44H35NO. The molecule has 2 atom stereocenters. The van der Waals surface area contributed by atoms with Gasteiger partial charge in [0.05, 0.1) is 17.3 Å². The molecule has 2 heteroatoms. The molecular weight excluding hydrogens is 558 g/mol. The van der Waals surface area contributed by atoms with Gasteiger partial charge in [-0.25, -0.2) is 4.98 Å². The van der Waals surface area contributed by atoms with Crippen LogP contribution in [0.25, 0.3) is 39.2 Å². The van der Waals surface area contributed by atoms with Gasteiger partial charge in [0.2, 0.25) is 0 Å². The molecule has 2 heterocycles. The lowest BCUT2D eigenvalue weighted by Gasteiger charge is -2.37. The zero-order chi connectivity index (χ0) is 30.8. The molecule has 222 valence electrons. The molecule has 2 unspecified atom stereocenters. The molecule has 0 amide bonds. The van der Waals surface area contributed by atoms with Gasteiger partial charge in [-0.2, -0.15) is 0 Å². The molecule has 0 fully saturated rings. The number of pyridine rings is 1. The number of hydrogen-bond acceptors (Lipinski definition) is 2. The van der Waals surface area contributed by atoms with Crippen molar-refractivity contribution >= 4 is 5.57 Å². The van der Waals surface area contributed by atoms with Crippen LogP contribution in [0.4, 0.5) is 0 Å². The molecule has 3 aliphatic carbocycles. The van der Waals surface area contributed by atoms with E-state index in [1.54, 1.807) is 5.57 Å². The van der Waals surface area contributed by atoms with E-state index in [1.807, 2.05) is 0 Å². The highest BCUT2D eigenvalue weighted by atomic mass is 16.5. The Morgan fingerprint density at radius 3 is 2.00 bits per heavy atom. The molecule has 0 radical (unpaired) electrons. The molecule has 4 aliphatic rings. The van der Waals surface area contributed by atoms with Crippen molar-refractivity contribution in [3.8, 4) is 39.4 Å². The summed E-state index contributed by atoms with van der Waals surface area (Å²) in [5, 5.41) is 0. The van der Waals surface area contributed by atoms with Gasteiger partial charge in [0.1, 0.15) is 11.5 Å². The normalized spacial score (nSPS) is 20.4. The smallest absolute Gasteiger partial charge is 0.130 e. The molecule has 5 aromatic rings. The average Bonchev–Trinajstić information content (AvgIpc) is 3.60. The number of ether oxygens (including phenoxy) is 1. The lowest BCUT2D eigenvalue weighted by molar-refractivity contribution is 0.270. The Hall–Kier alpha value is -5.21.